The van der Waals surface area contributed by atoms with E-state index in [0.717, 1.165) is 24.2 Å². The molecule has 1 atom stereocenters. The van der Waals surface area contributed by atoms with Crippen molar-refractivity contribution < 1.29 is 23.9 Å². The van der Waals surface area contributed by atoms with Crippen LogP contribution in [0.15, 0.2) is 55.1 Å². The molecule has 0 bridgehead atoms. The number of carbonyl (C=O) groups excluding carboxylic acids is 3. The zero-order chi connectivity index (χ0) is 22.7. The van der Waals surface area contributed by atoms with Crippen molar-refractivity contribution in [2.24, 2.45) is 0 Å². The van der Waals surface area contributed by atoms with Crippen LogP contribution in [0.25, 0.3) is 0 Å². The first-order chi connectivity index (χ1) is 15.5. The molecule has 2 aromatic rings. The molecule has 1 fully saturated rings. The Hall–Kier alpha value is -3.45. The van der Waals surface area contributed by atoms with Crippen molar-refractivity contribution in [3.63, 3.8) is 0 Å². The highest BCUT2D eigenvalue weighted by Gasteiger charge is 2.38. The van der Waals surface area contributed by atoms with E-state index in [1.54, 1.807) is 30.2 Å². The number of amides is 3. The smallest absolute Gasteiger partial charge is 0.261 e. The Morgan fingerprint density at radius 3 is 2.59 bits per heavy atom. The Kier molecular flexibility index (Phi) is 6.37. The van der Waals surface area contributed by atoms with Gasteiger partial charge in [0.1, 0.15) is 5.75 Å². The van der Waals surface area contributed by atoms with Crippen molar-refractivity contribution >= 4 is 17.7 Å². The van der Waals surface area contributed by atoms with Crippen LogP contribution in [-0.4, -0.2) is 60.4 Å². The number of hydrogen-bond donors (Lipinski definition) is 0. The van der Waals surface area contributed by atoms with Gasteiger partial charge in [-0.1, -0.05) is 18.2 Å². The highest BCUT2D eigenvalue weighted by Crippen LogP contribution is 2.27. The van der Waals surface area contributed by atoms with Gasteiger partial charge < -0.3 is 14.4 Å². The molecular weight excluding hydrogens is 408 g/mol. The Morgan fingerprint density at radius 1 is 1.19 bits per heavy atom. The lowest BCUT2D eigenvalue weighted by Crippen LogP contribution is -2.36. The number of hydrogen-bond acceptors (Lipinski definition) is 5. The third-order valence-electron chi connectivity index (χ3n) is 5.80. The van der Waals surface area contributed by atoms with Crippen LogP contribution in [0.5, 0.6) is 5.75 Å². The first-order valence-electron chi connectivity index (χ1n) is 10.7. The maximum absolute atomic E-state index is 13.2. The third-order valence-corrected chi connectivity index (χ3v) is 5.80. The SMILES string of the molecule is C=CCN(Cc1ccc(OC)cc1)C(=O)c1ccc2c(c1)C(=O)N(CC1CCCO1)C2=O. The molecule has 2 aliphatic heterocycles. The summed E-state index contributed by atoms with van der Waals surface area (Å²) < 4.78 is 10.8. The number of benzene rings is 2. The average molecular weight is 434 g/mol. The normalized spacial score (nSPS) is 17.4. The van der Waals surface area contributed by atoms with Gasteiger partial charge in [0.15, 0.2) is 0 Å². The lowest BCUT2D eigenvalue weighted by molar-refractivity contribution is 0.0475. The zero-order valence-corrected chi connectivity index (χ0v) is 18.1. The van der Waals surface area contributed by atoms with Crippen LogP contribution in [0, 0.1) is 0 Å². The van der Waals surface area contributed by atoms with Gasteiger partial charge in [0.05, 0.1) is 30.9 Å². The number of rotatable bonds is 8. The van der Waals surface area contributed by atoms with Crippen molar-refractivity contribution in [1.29, 1.82) is 0 Å². The third kappa shape index (κ3) is 4.29. The molecule has 0 aromatic heterocycles. The Balaban J connectivity index is 1.53. The lowest BCUT2D eigenvalue weighted by atomic mass is 10.0. The maximum atomic E-state index is 13.2. The molecule has 2 aromatic carbocycles. The van der Waals surface area contributed by atoms with Gasteiger partial charge in [-0.2, -0.15) is 0 Å². The summed E-state index contributed by atoms with van der Waals surface area (Å²) in [7, 11) is 1.60. The van der Waals surface area contributed by atoms with Crippen molar-refractivity contribution in [1.82, 2.24) is 9.80 Å². The minimum atomic E-state index is -0.374. The highest BCUT2D eigenvalue weighted by molar-refractivity contribution is 6.22. The summed E-state index contributed by atoms with van der Waals surface area (Å²) in [5, 5.41) is 0. The highest BCUT2D eigenvalue weighted by atomic mass is 16.5. The fourth-order valence-electron chi connectivity index (χ4n) is 4.09. The predicted octanol–water partition coefficient (Wildman–Crippen LogP) is 3.30. The number of ether oxygens (including phenoxy) is 2. The van der Waals surface area contributed by atoms with Crippen LogP contribution < -0.4 is 4.74 Å². The Labute approximate surface area is 187 Å². The molecule has 3 amide bonds. The molecule has 4 rings (SSSR count). The Bertz CT molecular complexity index is 1040. The largest absolute Gasteiger partial charge is 0.497 e. The second kappa shape index (κ2) is 9.36. The first-order valence-corrected chi connectivity index (χ1v) is 10.7. The van der Waals surface area contributed by atoms with Gasteiger partial charge in [-0.05, 0) is 48.7 Å². The second-order valence-corrected chi connectivity index (χ2v) is 7.94. The predicted molar refractivity (Wildman–Crippen MR) is 119 cm³/mol. The number of nitrogens with zero attached hydrogens (tertiary/aromatic N) is 2. The van der Waals surface area contributed by atoms with Crippen LogP contribution in [0.4, 0.5) is 0 Å². The molecule has 0 radical (unpaired) electrons. The number of methoxy groups -OCH3 is 1. The fourth-order valence-corrected chi connectivity index (χ4v) is 4.09. The monoisotopic (exact) mass is 434 g/mol. The molecule has 7 nitrogen and oxygen atoms in total. The van der Waals surface area contributed by atoms with Gasteiger partial charge in [-0.3, -0.25) is 19.3 Å². The molecule has 0 N–H and O–H groups in total. The van der Waals surface area contributed by atoms with Gasteiger partial charge in [-0.25, -0.2) is 0 Å². The van der Waals surface area contributed by atoms with E-state index in [9.17, 15) is 14.4 Å². The molecule has 2 heterocycles. The zero-order valence-electron chi connectivity index (χ0n) is 18.1. The minimum Gasteiger partial charge on any atom is -0.497 e. The summed E-state index contributed by atoms with van der Waals surface area (Å²) in [5.41, 5.74) is 1.90. The summed E-state index contributed by atoms with van der Waals surface area (Å²) in [6.07, 6.45) is 3.30. The van der Waals surface area contributed by atoms with Gasteiger partial charge >= 0.3 is 0 Å². The molecule has 7 heteroatoms. The fraction of sp³-hybridized carbons (Fsp3) is 0.320. The van der Waals surface area contributed by atoms with E-state index in [1.165, 1.54) is 11.0 Å². The van der Waals surface area contributed by atoms with E-state index >= 15 is 0 Å². The molecular formula is C25H26N2O5. The molecule has 0 saturated carbocycles. The van der Waals surface area contributed by atoms with E-state index in [1.807, 2.05) is 24.3 Å². The van der Waals surface area contributed by atoms with E-state index in [-0.39, 0.29) is 35.9 Å². The molecule has 1 saturated heterocycles. The molecule has 1 unspecified atom stereocenters. The Morgan fingerprint density at radius 2 is 1.94 bits per heavy atom. The van der Waals surface area contributed by atoms with E-state index in [2.05, 4.69) is 6.58 Å². The summed E-state index contributed by atoms with van der Waals surface area (Å²) in [6.45, 7) is 5.38. The average Bonchev–Trinajstić information content (AvgIpc) is 3.41. The summed E-state index contributed by atoms with van der Waals surface area (Å²) in [5.74, 6) is -0.202. The van der Waals surface area contributed by atoms with Crippen LogP contribution in [0.2, 0.25) is 0 Å². The van der Waals surface area contributed by atoms with Crippen molar-refractivity contribution in [3.8, 4) is 5.75 Å². The van der Waals surface area contributed by atoms with Crippen LogP contribution in [-0.2, 0) is 11.3 Å². The standard InChI is InChI=1S/C25H26N2O5/c1-3-12-26(15-17-6-9-19(31-2)10-7-17)23(28)18-8-11-21-22(14-18)25(30)27(24(21)29)16-20-5-4-13-32-20/h3,6-11,14,20H,1,4-5,12-13,15-16H2,2H3. The van der Waals surface area contributed by atoms with Crippen LogP contribution >= 0.6 is 0 Å². The van der Waals surface area contributed by atoms with E-state index in [0.29, 0.717) is 30.8 Å². The van der Waals surface area contributed by atoms with Crippen LogP contribution in [0.1, 0.15) is 49.5 Å². The quantitative estimate of drug-likeness (QED) is 0.471. The van der Waals surface area contributed by atoms with Gasteiger partial charge in [0.25, 0.3) is 17.7 Å². The van der Waals surface area contributed by atoms with E-state index in [4.69, 9.17) is 9.47 Å². The summed E-state index contributed by atoms with van der Waals surface area (Å²) in [6, 6.07) is 12.2. The van der Waals surface area contributed by atoms with Crippen LogP contribution in [0.3, 0.4) is 0 Å². The van der Waals surface area contributed by atoms with Gasteiger partial charge in [0, 0.05) is 25.3 Å². The molecule has 0 aliphatic carbocycles. The van der Waals surface area contributed by atoms with Crippen molar-refractivity contribution in [2.45, 2.75) is 25.5 Å². The second-order valence-electron chi connectivity index (χ2n) is 7.94. The topological polar surface area (TPSA) is 76.2 Å². The van der Waals surface area contributed by atoms with Gasteiger partial charge in [0.2, 0.25) is 0 Å². The molecule has 32 heavy (non-hydrogen) atoms. The maximum Gasteiger partial charge on any atom is 0.261 e. The van der Waals surface area contributed by atoms with Crippen molar-refractivity contribution in [2.75, 3.05) is 26.8 Å². The first kappa shape index (κ1) is 21.8. The molecule has 0 spiro atoms. The number of fused-ring (bicyclic) bond motifs is 1. The molecule has 166 valence electrons. The molecule has 2 aliphatic rings. The number of carbonyl (C=O) groups is 3. The van der Waals surface area contributed by atoms with E-state index < -0.39 is 0 Å². The summed E-state index contributed by atoms with van der Waals surface area (Å²) in [4.78, 5) is 41.8. The van der Waals surface area contributed by atoms with Crippen molar-refractivity contribution in [3.05, 3.63) is 77.4 Å². The van der Waals surface area contributed by atoms with Gasteiger partial charge in [-0.15, -0.1) is 6.58 Å². The summed E-state index contributed by atoms with van der Waals surface area (Å²) >= 11 is 0. The minimum absolute atomic E-state index is 0.120. The lowest BCUT2D eigenvalue weighted by Gasteiger charge is -2.21. The number of imide groups is 1.